The van der Waals surface area contributed by atoms with Gasteiger partial charge in [-0.15, -0.1) is 0 Å². The molecule has 1 atom stereocenters. The zero-order chi connectivity index (χ0) is 19.2. The smallest absolute Gasteiger partial charge is 0.293 e. The van der Waals surface area contributed by atoms with E-state index in [9.17, 15) is 14.9 Å². The number of carbonyl (C=O) groups is 1. The van der Waals surface area contributed by atoms with Crippen LogP contribution in [0.2, 0.25) is 0 Å². The minimum atomic E-state index is -0.700. The lowest BCUT2D eigenvalue weighted by Gasteiger charge is -2.20. The van der Waals surface area contributed by atoms with E-state index in [-0.39, 0.29) is 17.3 Å². The van der Waals surface area contributed by atoms with Crippen molar-refractivity contribution in [2.45, 2.75) is 13.0 Å². The molecule has 0 aromatic heterocycles. The molecule has 0 bridgehead atoms. The van der Waals surface area contributed by atoms with Gasteiger partial charge in [0.1, 0.15) is 11.7 Å². The molecule has 6 heteroatoms. The van der Waals surface area contributed by atoms with Gasteiger partial charge in [0.05, 0.1) is 4.92 Å². The van der Waals surface area contributed by atoms with E-state index in [0.717, 1.165) is 16.8 Å². The van der Waals surface area contributed by atoms with Crippen LogP contribution in [0.3, 0.4) is 0 Å². The van der Waals surface area contributed by atoms with Crippen molar-refractivity contribution in [2.75, 3.05) is 10.6 Å². The third kappa shape index (κ3) is 4.49. The second-order valence-corrected chi connectivity index (χ2v) is 6.12. The summed E-state index contributed by atoms with van der Waals surface area (Å²) < 4.78 is 0. The van der Waals surface area contributed by atoms with Crippen LogP contribution in [-0.4, -0.2) is 10.8 Å². The van der Waals surface area contributed by atoms with Gasteiger partial charge in [0, 0.05) is 11.8 Å². The minimum absolute atomic E-state index is 0.130. The van der Waals surface area contributed by atoms with Crippen molar-refractivity contribution < 1.29 is 9.72 Å². The predicted octanol–water partition coefficient (Wildman–Crippen LogP) is 4.70. The van der Waals surface area contributed by atoms with Gasteiger partial charge in [0.25, 0.3) is 11.6 Å². The summed E-state index contributed by atoms with van der Waals surface area (Å²) in [4.78, 5) is 23.8. The lowest BCUT2D eigenvalue weighted by Crippen LogP contribution is -2.27. The molecule has 0 aliphatic rings. The van der Waals surface area contributed by atoms with Crippen LogP contribution in [-0.2, 0) is 4.79 Å². The zero-order valence-electron chi connectivity index (χ0n) is 14.8. The fourth-order valence-electron chi connectivity index (χ4n) is 2.75. The van der Waals surface area contributed by atoms with Gasteiger partial charge < -0.3 is 10.6 Å². The Morgan fingerprint density at radius 1 is 0.963 bits per heavy atom. The molecule has 0 unspecified atom stereocenters. The predicted molar refractivity (Wildman–Crippen MR) is 106 cm³/mol. The molecule has 6 nitrogen and oxygen atoms in total. The fourth-order valence-corrected chi connectivity index (χ4v) is 2.75. The van der Waals surface area contributed by atoms with E-state index in [1.54, 1.807) is 19.1 Å². The second kappa shape index (κ2) is 8.14. The molecular weight excluding hydrogens is 342 g/mol. The topological polar surface area (TPSA) is 84.3 Å². The number of amides is 1. The summed E-state index contributed by atoms with van der Waals surface area (Å²) in [7, 11) is 0. The van der Waals surface area contributed by atoms with Crippen LogP contribution in [0.1, 0.15) is 17.2 Å². The van der Waals surface area contributed by atoms with Crippen molar-refractivity contribution in [1.29, 1.82) is 0 Å². The summed E-state index contributed by atoms with van der Waals surface area (Å²) in [5.74, 6) is -0.378. The van der Waals surface area contributed by atoms with Crippen LogP contribution in [0.25, 0.3) is 0 Å². The molecule has 0 saturated carbocycles. The molecule has 0 saturated heterocycles. The van der Waals surface area contributed by atoms with E-state index in [0.29, 0.717) is 0 Å². The molecule has 0 aliphatic heterocycles. The Labute approximate surface area is 157 Å². The summed E-state index contributed by atoms with van der Waals surface area (Å²) in [6, 6.07) is 22.6. The van der Waals surface area contributed by atoms with Gasteiger partial charge in [-0.2, -0.15) is 0 Å². The van der Waals surface area contributed by atoms with Crippen molar-refractivity contribution >= 4 is 23.0 Å². The molecule has 136 valence electrons. The maximum atomic E-state index is 13.0. The van der Waals surface area contributed by atoms with E-state index in [1.165, 1.54) is 6.07 Å². The molecule has 3 aromatic rings. The van der Waals surface area contributed by atoms with Crippen LogP contribution < -0.4 is 10.6 Å². The van der Waals surface area contributed by atoms with Gasteiger partial charge in [-0.1, -0.05) is 54.6 Å². The van der Waals surface area contributed by atoms with E-state index in [4.69, 9.17) is 0 Å². The third-order valence-electron chi connectivity index (χ3n) is 4.09. The largest absolute Gasteiger partial charge is 0.370 e. The summed E-state index contributed by atoms with van der Waals surface area (Å²) in [5, 5.41) is 17.2. The number of anilines is 2. The molecule has 0 fully saturated rings. The maximum absolute atomic E-state index is 13.0. The van der Waals surface area contributed by atoms with Gasteiger partial charge in [-0.3, -0.25) is 14.9 Å². The van der Waals surface area contributed by atoms with Gasteiger partial charge >= 0.3 is 0 Å². The Balaban J connectivity index is 1.91. The molecule has 3 rings (SSSR count). The van der Waals surface area contributed by atoms with Crippen molar-refractivity contribution in [1.82, 2.24) is 0 Å². The second-order valence-electron chi connectivity index (χ2n) is 6.12. The first kappa shape index (κ1) is 18.1. The number of nitrogens with zero attached hydrogens (tertiary/aromatic N) is 1. The number of nitrogens with one attached hydrogen (secondary N) is 2. The highest BCUT2D eigenvalue weighted by molar-refractivity contribution is 5.99. The Kier molecular flexibility index (Phi) is 5.47. The maximum Gasteiger partial charge on any atom is 0.293 e. The standard InChI is InChI=1S/C21H19N3O3/c1-15-12-13-18(19(14-15)24(26)27)23-21(25)20(16-8-4-2-5-9-16)22-17-10-6-3-7-11-17/h2-14,20,22H,1H3,(H,23,25)/t20-/m0/s1. The molecular formula is C21H19N3O3. The molecule has 2 N–H and O–H groups in total. The average molecular weight is 361 g/mol. The van der Waals surface area contributed by atoms with Crippen LogP contribution in [0, 0.1) is 17.0 Å². The molecule has 0 aliphatic carbocycles. The molecule has 0 heterocycles. The molecule has 0 radical (unpaired) electrons. The third-order valence-corrected chi connectivity index (χ3v) is 4.09. The van der Waals surface area contributed by atoms with Crippen LogP contribution in [0.4, 0.5) is 17.1 Å². The van der Waals surface area contributed by atoms with Gasteiger partial charge in [-0.25, -0.2) is 0 Å². The van der Waals surface area contributed by atoms with Crippen molar-refractivity contribution in [3.8, 4) is 0 Å². The van der Waals surface area contributed by atoms with E-state index in [2.05, 4.69) is 10.6 Å². The van der Waals surface area contributed by atoms with E-state index < -0.39 is 11.0 Å². The lowest BCUT2D eigenvalue weighted by molar-refractivity contribution is -0.384. The van der Waals surface area contributed by atoms with Crippen LogP contribution in [0.5, 0.6) is 0 Å². The number of nitro groups is 1. The first-order valence-electron chi connectivity index (χ1n) is 8.47. The van der Waals surface area contributed by atoms with Crippen molar-refractivity contribution in [3.05, 3.63) is 100 Å². The van der Waals surface area contributed by atoms with Crippen LogP contribution in [0.15, 0.2) is 78.9 Å². The number of carbonyl (C=O) groups excluding carboxylic acids is 1. The minimum Gasteiger partial charge on any atom is -0.370 e. The summed E-state index contributed by atoms with van der Waals surface area (Å²) in [5.41, 5.74) is 2.33. The Bertz CT molecular complexity index is 943. The number of hydrogen-bond acceptors (Lipinski definition) is 4. The van der Waals surface area contributed by atoms with Gasteiger partial charge in [-0.05, 0) is 36.2 Å². The normalized spacial score (nSPS) is 11.4. The number of para-hydroxylation sites is 1. The first-order valence-corrected chi connectivity index (χ1v) is 8.47. The Hall–Kier alpha value is -3.67. The summed E-state index contributed by atoms with van der Waals surface area (Å²) in [6.45, 7) is 1.77. The highest BCUT2D eigenvalue weighted by atomic mass is 16.6. The first-order chi connectivity index (χ1) is 13.0. The number of aryl methyl sites for hydroxylation is 1. The molecule has 27 heavy (non-hydrogen) atoms. The fraction of sp³-hybridized carbons (Fsp3) is 0.0952. The molecule has 1 amide bonds. The van der Waals surface area contributed by atoms with Crippen molar-refractivity contribution in [2.24, 2.45) is 0 Å². The Morgan fingerprint density at radius 2 is 1.59 bits per heavy atom. The number of nitro benzene ring substituents is 1. The zero-order valence-corrected chi connectivity index (χ0v) is 14.8. The summed E-state index contributed by atoms with van der Waals surface area (Å²) in [6.07, 6.45) is 0. The van der Waals surface area contributed by atoms with E-state index >= 15 is 0 Å². The monoisotopic (exact) mass is 361 g/mol. The number of hydrogen-bond donors (Lipinski definition) is 2. The van der Waals surface area contributed by atoms with Crippen LogP contribution >= 0.6 is 0 Å². The SMILES string of the molecule is Cc1ccc(NC(=O)[C@@H](Nc2ccccc2)c2ccccc2)c([N+](=O)[O-])c1. The molecule has 0 spiro atoms. The van der Waals surface area contributed by atoms with Gasteiger partial charge in [0.2, 0.25) is 0 Å². The number of benzene rings is 3. The number of rotatable bonds is 6. The Morgan fingerprint density at radius 3 is 2.22 bits per heavy atom. The highest BCUT2D eigenvalue weighted by Crippen LogP contribution is 2.28. The highest BCUT2D eigenvalue weighted by Gasteiger charge is 2.23. The lowest BCUT2D eigenvalue weighted by atomic mass is 10.1. The average Bonchev–Trinajstić information content (AvgIpc) is 2.68. The summed E-state index contributed by atoms with van der Waals surface area (Å²) >= 11 is 0. The quantitative estimate of drug-likeness (QED) is 0.492. The van der Waals surface area contributed by atoms with Crippen molar-refractivity contribution in [3.63, 3.8) is 0 Å². The van der Waals surface area contributed by atoms with Gasteiger partial charge in [0.15, 0.2) is 0 Å². The van der Waals surface area contributed by atoms with E-state index in [1.807, 2.05) is 60.7 Å². The molecule has 3 aromatic carbocycles.